The summed E-state index contributed by atoms with van der Waals surface area (Å²) >= 11 is 0. The molecule has 20 heavy (non-hydrogen) atoms. The highest BCUT2D eigenvalue weighted by atomic mass is 16.6. The zero-order valence-electron chi connectivity index (χ0n) is 12.9. The van der Waals surface area contributed by atoms with Crippen LogP contribution in [0.3, 0.4) is 0 Å². The molecule has 0 amide bonds. The number of carbonyl (C=O) groups is 1. The van der Waals surface area contributed by atoms with E-state index in [1.165, 1.54) is 57.8 Å². The summed E-state index contributed by atoms with van der Waals surface area (Å²) < 4.78 is 5.01. The number of ether oxygens (including phenoxy) is 1. The van der Waals surface area contributed by atoms with E-state index in [9.17, 15) is 9.90 Å². The number of aliphatic hydroxyl groups excluding tert-OH is 1. The Hall–Kier alpha value is -0.570. The molecule has 0 saturated carbocycles. The fraction of sp³-hybridized carbons (Fsp3) is 0.941. The molecule has 1 aliphatic rings. The van der Waals surface area contributed by atoms with Crippen molar-refractivity contribution in [3.63, 3.8) is 0 Å². The van der Waals surface area contributed by atoms with Crippen molar-refractivity contribution < 1.29 is 14.6 Å². The minimum Gasteiger partial charge on any atom is -0.436 e. The van der Waals surface area contributed by atoms with Crippen LogP contribution in [0.25, 0.3) is 0 Å². The lowest BCUT2D eigenvalue weighted by atomic mass is 10.0. The molecule has 0 spiro atoms. The summed E-state index contributed by atoms with van der Waals surface area (Å²) in [6.45, 7) is 0. The van der Waals surface area contributed by atoms with Crippen molar-refractivity contribution in [3.8, 4) is 0 Å². The standard InChI is InChI=1S/C17H32O3/c18-16-14-12-10-8-6-4-2-1-3-5-7-9-11-13-15-17(19)20-16/h16,18H,1-15H2. The van der Waals surface area contributed by atoms with Crippen LogP contribution in [0.15, 0.2) is 0 Å². The van der Waals surface area contributed by atoms with Crippen molar-refractivity contribution in [3.05, 3.63) is 0 Å². The van der Waals surface area contributed by atoms with Gasteiger partial charge in [-0.05, 0) is 12.8 Å². The molecule has 0 aromatic heterocycles. The minimum atomic E-state index is -0.888. The van der Waals surface area contributed by atoms with Crippen LogP contribution in [0.4, 0.5) is 0 Å². The number of carbonyl (C=O) groups excluding carboxylic acids is 1. The Balaban J connectivity index is 2.19. The van der Waals surface area contributed by atoms with Gasteiger partial charge in [0.2, 0.25) is 6.29 Å². The van der Waals surface area contributed by atoms with E-state index >= 15 is 0 Å². The topological polar surface area (TPSA) is 46.5 Å². The molecule has 1 fully saturated rings. The molecular weight excluding hydrogens is 252 g/mol. The molecule has 1 unspecified atom stereocenters. The second kappa shape index (κ2) is 12.2. The average Bonchev–Trinajstić information content (AvgIpc) is 2.42. The summed E-state index contributed by atoms with van der Waals surface area (Å²) in [4.78, 5) is 11.5. The average molecular weight is 284 g/mol. The lowest BCUT2D eigenvalue weighted by Crippen LogP contribution is -2.17. The molecule has 1 atom stereocenters. The number of hydrogen-bond donors (Lipinski definition) is 1. The van der Waals surface area contributed by atoms with Gasteiger partial charge in [-0.1, -0.05) is 70.6 Å². The second-order valence-corrected chi connectivity index (χ2v) is 6.08. The molecule has 3 heteroatoms. The first-order valence-corrected chi connectivity index (χ1v) is 8.66. The fourth-order valence-electron chi connectivity index (χ4n) is 2.80. The third-order valence-corrected chi connectivity index (χ3v) is 4.10. The van der Waals surface area contributed by atoms with Crippen LogP contribution in [0.1, 0.15) is 96.3 Å². The molecule has 0 radical (unpaired) electrons. The molecule has 0 aromatic carbocycles. The van der Waals surface area contributed by atoms with Gasteiger partial charge in [0.05, 0.1) is 0 Å². The first kappa shape index (κ1) is 17.5. The van der Waals surface area contributed by atoms with Crippen molar-refractivity contribution in [1.29, 1.82) is 0 Å². The molecule has 118 valence electrons. The Bertz CT molecular complexity index is 240. The monoisotopic (exact) mass is 284 g/mol. The predicted octanol–water partition coefficient (Wildman–Crippen LogP) is 4.71. The molecule has 0 aromatic rings. The van der Waals surface area contributed by atoms with E-state index in [4.69, 9.17) is 4.74 Å². The van der Waals surface area contributed by atoms with Crippen molar-refractivity contribution in [2.45, 2.75) is 103 Å². The lowest BCUT2D eigenvalue weighted by molar-refractivity contribution is -0.168. The third kappa shape index (κ3) is 10.2. The summed E-state index contributed by atoms with van der Waals surface area (Å²) in [5, 5.41) is 9.63. The number of rotatable bonds is 0. The van der Waals surface area contributed by atoms with Crippen LogP contribution in [-0.4, -0.2) is 17.4 Å². The van der Waals surface area contributed by atoms with Gasteiger partial charge in [0, 0.05) is 12.8 Å². The SMILES string of the molecule is O=C1CCCCCCCCCCCCCCCC(O)O1. The number of hydrogen-bond acceptors (Lipinski definition) is 3. The molecule has 0 bridgehead atoms. The number of cyclic esters (lactones) is 1. The summed E-state index contributed by atoms with van der Waals surface area (Å²) in [6.07, 6.45) is 16.1. The van der Waals surface area contributed by atoms with E-state index in [2.05, 4.69) is 0 Å². The van der Waals surface area contributed by atoms with Gasteiger partial charge in [0.1, 0.15) is 0 Å². The molecule has 1 heterocycles. The molecule has 1 N–H and O–H groups in total. The van der Waals surface area contributed by atoms with E-state index in [-0.39, 0.29) is 5.97 Å². The van der Waals surface area contributed by atoms with E-state index in [1.54, 1.807) is 0 Å². The van der Waals surface area contributed by atoms with Gasteiger partial charge in [0.15, 0.2) is 0 Å². The Morgan fingerprint density at radius 1 is 0.700 bits per heavy atom. The van der Waals surface area contributed by atoms with Gasteiger partial charge in [-0.25, -0.2) is 0 Å². The summed E-state index contributed by atoms with van der Waals surface area (Å²) in [5.41, 5.74) is 0. The first-order valence-electron chi connectivity index (χ1n) is 8.66. The van der Waals surface area contributed by atoms with Crippen molar-refractivity contribution in [2.75, 3.05) is 0 Å². The Kier molecular flexibility index (Phi) is 10.7. The van der Waals surface area contributed by atoms with Gasteiger partial charge in [-0.2, -0.15) is 0 Å². The highest BCUT2D eigenvalue weighted by Crippen LogP contribution is 2.15. The highest BCUT2D eigenvalue weighted by Gasteiger charge is 2.10. The Labute approximate surface area is 124 Å². The van der Waals surface area contributed by atoms with Gasteiger partial charge in [-0.15, -0.1) is 0 Å². The fourth-order valence-corrected chi connectivity index (χ4v) is 2.80. The first-order chi connectivity index (χ1) is 9.79. The van der Waals surface area contributed by atoms with Crippen LogP contribution < -0.4 is 0 Å². The van der Waals surface area contributed by atoms with E-state index in [1.807, 2.05) is 0 Å². The lowest BCUT2D eigenvalue weighted by Gasteiger charge is -2.12. The van der Waals surface area contributed by atoms with Crippen molar-refractivity contribution in [1.82, 2.24) is 0 Å². The summed E-state index contributed by atoms with van der Waals surface area (Å²) in [6, 6.07) is 0. The third-order valence-electron chi connectivity index (χ3n) is 4.10. The quantitative estimate of drug-likeness (QED) is 0.655. The number of esters is 1. The maximum atomic E-state index is 11.5. The molecular formula is C17H32O3. The zero-order valence-corrected chi connectivity index (χ0v) is 12.9. The maximum Gasteiger partial charge on any atom is 0.308 e. The maximum absolute atomic E-state index is 11.5. The Morgan fingerprint density at radius 3 is 1.60 bits per heavy atom. The molecule has 1 aliphatic heterocycles. The van der Waals surface area contributed by atoms with Crippen LogP contribution in [0.5, 0.6) is 0 Å². The van der Waals surface area contributed by atoms with Gasteiger partial charge < -0.3 is 9.84 Å². The molecule has 1 rings (SSSR count). The van der Waals surface area contributed by atoms with Gasteiger partial charge in [-0.3, -0.25) is 4.79 Å². The highest BCUT2D eigenvalue weighted by molar-refractivity contribution is 5.69. The number of aliphatic hydroxyl groups is 1. The van der Waals surface area contributed by atoms with Crippen LogP contribution in [0, 0.1) is 0 Å². The van der Waals surface area contributed by atoms with Gasteiger partial charge >= 0.3 is 5.97 Å². The van der Waals surface area contributed by atoms with E-state index in [0.717, 1.165) is 25.7 Å². The Morgan fingerprint density at radius 2 is 1.10 bits per heavy atom. The minimum absolute atomic E-state index is 0.237. The van der Waals surface area contributed by atoms with Gasteiger partial charge in [0.25, 0.3) is 0 Å². The van der Waals surface area contributed by atoms with Crippen molar-refractivity contribution >= 4 is 5.97 Å². The van der Waals surface area contributed by atoms with Crippen LogP contribution in [-0.2, 0) is 9.53 Å². The second-order valence-electron chi connectivity index (χ2n) is 6.08. The molecule has 1 saturated heterocycles. The van der Waals surface area contributed by atoms with Crippen LogP contribution in [0.2, 0.25) is 0 Å². The molecule has 0 aliphatic carbocycles. The van der Waals surface area contributed by atoms with Crippen molar-refractivity contribution in [2.24, 2.45) is 0 Å². The molecule has 3 nitrogen and oxygen atoms in total. The zero-order chi connectivity index (χ0) is 14.5. The summed E-state index contributed by atoms with van der Waals surface area (Å²) in [5.74, 6) is -0.237. The predicted molar refractivity (Wildman–Crippen MR) is 81.4 cm³/mol. The smallest absolute Gasteiger partial charge is 0.308 e. The van der Waals surface area contributed by atoms with E-state index in [0.29, 0.717) is 12.8 Å². The van der Waals surface area contributed by atoms with Crippen LogP contribution >= 0.6 is 0 Å². The van der Waals surface area contributed by atoms with E-state index < -0.39 is 6.29 Å². The largest absolute Gasteiger partial charge is 0.436 e. The normalized spacial score (nSPS) is 26.2. The summed E-state index contributed by atoms with van der Waals surface area (Å²) in [7, 11) is 0.